The number of rotatable bonds is 7. The molecular formula is C24H23FN6O2. The monoisotopic (exact) mass is 446 g/mol. The standard InChI is InChI=1S/C24H23FN6O2/c1-16(2)23(32)28-22-12-21(29-31(22)19-9-4-3-5-10-19)24(33)27-18-13-26-30(15-18)14-17-8-6-7-11-20(17)25/h3-13,15-16H,14H2,1-2H3,(H,27,33)(H,28,32). The summed E-state index contributed by atoms with van der Waals surface area (Å²) in [5.41, 5.74) is 1.76. The van der Waals surface area contributed by atoms with Crippen molar-refractivity contribution in [3.63, 3.8) is 0 Å². The van der Waals surface area contributed by atoms with E-state index in [0.29, 0.717) is 22.8 Å². The van der Waals surface area contributed by atoms with Gasteiger partial charge in [-0.05, 0) is 18.2 Å². The van der Waals surface area contributed by atoms with E-state index in [0.717, 1.165) is 0 Å². The third-order valence-corrected chi connectivity index (χ3v) is 4.90. The topological polar surface area (TPSA) is 93.8 Å². The lowest BCUT2D eigenvalue weighted by molar-refractivity contribution is -0.118. The summed E-state index contributed by atoms with van der Waals surface area (Å²) in [6, 6.07) is 17.2. The minimum Gasteiger partial charge on any atom is -0.318 e. The van der Waals surface area contributed by atoms with Crippen LogP contribution in [-0.2, 0) is 11.3 Å². The highest BCUT2D eigenvalue weighted by Crippen LogP contribution is 2.19. The zero-order chi connectivity index (χ0) is 23.4. The highest BCUT2D eigenvalue weighted by atomic mass is 19.1. The van der Waals surface area contributed by atoms with Crippen LogP contribution >= 0.6 is 0 Å². The maximum atomic E-state index is 13.9. The second-order valence-electron chi connectivity index (χ2n) is 7.78. The van der Waals surface area contributed by atoms with E-state index >= 15 is 0 Å². The van der Waals surface area contributed by atoms with Crippen molar-refractivity contribution in [2.75, 3.05) is 10.6 Å². The predicted octanol–water partition coefficient (Wildman–Crippen LogP) is 4.10. The predicted molar refractivity (Wildman–Crippen MR) is 123 cm³/mol. The van der Waals surface area contributed by atoms with Gasteiger partial charge < -0.3 is 10.6 Å². The molecule has 9 heteroatoms. The fourth-order valence-electron chi connectivity index (χ4n) is 3.13. The molecule has 4 rings (SSSR count). The van der Waals surface area contributed by atoms with Gasteiger partial charge in [-0.2, -0.15) is 10.2 Å². The zero-order valence-corrected chi connectivity index (χ0v) is 18.2. The number of para-hydroxylation sites is 1. The molecule has 0 spiro atoms. The fourth-order valence-corrected chi connectivity index (χ4v) is 3.13. The maximum absolute atomic E-state index is 13.9. The van der Waals surface area contributed by atoms with E-state index < -0.39 is 5.91 Å². The number of halogens is 1. The van der Waals surface area contributed by atoms with Crippen LogP contribution in [0.25, 0.3) is 5.69 Å². The van der Waals surface area contributed by atoms with E-state index in [4.69, 9.17) is 0 Å². The van der Waals surface area contributed by atoms with Gasteiger partial charge in [0.15, 0.2) is 5.69 Å². The molecule has 0 fully saturated rings. The van der Waals surface area contributed by atoms with Gasteiger partial charge in [0.1, 0.15) is 11.6 Å². The molecule has 2 heterocycles. The first-order chi connectivity index (χ1) is 15.9. The second kappa shape index (κ2) is 9.47. The van der Waals surface area contributed by atoms with Gasteiger partial charge in [-0.15, -0.1) is 0 Å². The Bertz CT molecular complexity index is 1280. The molecule has 33 heavy (non-hydrogen) atoms. The Morgan fingerprint density at radius 2 is 1.76 bits per heavy atom. The number of hydrogen-bond acceptors (Lipinski definition) is 4. The summed E-state index contributed by atoms with van der Waals surface area (Å²) in [5, 5.41) is 14.1. The molecular weight excluding hydrogens is 423 g/mol. The van der Waals surface area contributed by atoms with Crippen LogP contribution in [0.15, 0.2) is 73.1 Å². The molecule has 168 valence electrons. The minimum absolute atomic E-state index is 0.125. The summed E-state index contributed by atoms with van der Waals surface area (Å²) in [6.45, 7) is 3.80. The molecule has 0 aliphatic heterocycles. The first-order valence-electron chi connectivity index (χ1n) is 10.4. The van der Waals surface area contributed by atoms with Crippen molar-refractivity contribution >= 4 is 23.3 Å². The van der Waals surface area contributed by atoms with E-state index in [1.165, 1.54) is 27.7 Å². The summed E-state index contributed by atoms with van der Waals surface area (Å²) in [5.74, 6) is -0.813. The summed E-state index contributed by atoms with van der Waals surface area (Å²) >= 11 is 0. The smallest absolute Gasteiger partial charge is 0.276 e. The molecule has 0 bridgehead atoms. The van der Waals surface area contributed by atoms with Gasteiger partial charge >= 0.3 is 0 Å². The largest absolute Gasteiger partial charge is 0.318 e. The number of benzene rings is 2. The van der Waals surface area contributed by atoms with Gasteiger partial charge in [0, 0.05) is 23.7 Å². The number of nitrogens with zero attached hydrogens (tertiary/aromatic N) is 4. The summed E-state index contributed by atoms with van der Waals surface area (Å²) < 4.78 is 16.9. The molecule has 0 atom stereocenters. The molecule has 0 aliphatic carbocycles. The van der Waals surface area contributed by atoms with Crippen LogP contribution in [0.4, 0.5) is 15.9 Å². The molecule has 2 aromatic carbocycles. The van der Waals surface area contributed by atoms with E-state index in [9.17, 15) is 14.0 Å². The van der Waals surface area contributed by atoms with Gasteiger partial charge in [0.05, 0.1) is 24.1 Å². The third kappa shape index (κ3) is 5.15. The Hall–Kier alpha value is -4.27. The van der Waals surface area contributed by atoms with Crippen LogP contribution in [0.3, 0.4) is 0 Å². The van der Waals surface area contributed by atoms with Crippen LogP contribution in [0.1, 0.15) is 29.9 Å². The highest BCUT2D eigenvalue weighted by molar-refractivity contribution is 6.04. The Morgan fingerprint density at radius 1 is 1.03 bits per heavy atom. The van der Waals surface area contributed by atoms with E-state index in [-0.39, 0.29) is 29.9 Å². The number of hydrogen-bond donors (Lipinski definition) is 2. The van der Waals surface area contributed by atoms with Crippen molar-refractivity contribution in [1.29, 1.82) is 0 Å². The number of aromatic nitrogens is 4. The van der Waals surface area contributed by atoms with Crippen molar-refractivity contribution in [3.8, 4) is 5.69 Å². The Labute approximate surface area is 190 Å². The van der Waals surface area contributed by atoms with Gasteiger partial charge in [-0.3, -0.25) is 14.3 Å². The maximum Gasteiger partial charge on any atom is 0.276 e. The quantitative estimate of drug-likeness (QED) is 0.447. The van der Waals surface area contributed by atoms with Crippen LogP contribution < -0.4 is 10.6 Å². The molecule has 0 radical (unpaired) electrons. The molecule has 0 saturated heterocycles. The van der Waals surface area contributed by atoms with Crippen LogP contribution in [0.2, 0.25) is 0 Å². The first-order valence-corrected chi connectivity index (χ1v) is 10.4. The third-order valence-electron chi connectivity index (χ3n) is 4.90. The van der Waals surface area contributed by atoms with Gasteiger partial charge in [0.25, 0.3) is 5.91 Å². The van der Waals surface area contributed by atoms with Crippen LogP contribution in [-0.4, -0.2) is 31.4 Å². The average Bonchev–Trinajstić information content (AvgIpc) is 3.43. The highest BCUT2D eigenvalue weighted by Gasteiger charge is 2.19. The minimum atomic E-state index is -0.463. The summed E-state index contributed by atoms with van der Waals surface area (Å²) in [4.78, 5) is 25.1. The number of nitrogens with one attached hydrogen (secondary N) is 2. The molecule has 0 saturated carbocycles. The van der Waals surface area contributed by atoms with Gasteiger partial charge in [0.2, 0.25) is 5.91 Å². The van der Waals surface area contributed by atoms with Gasteiger partial charge in [-0.1, -0.05) is 50.2 Å². The zero-order valence-electron chi connectivity index (χ0n) is 18.2. The SMILES string of the molecule is CC(C)C(=O)Nc1cc(C(=O)Nc2cnn(Cc3ccccc3F)c2)nn1-c1ccccc1. The lowest BCUT2D eigenvalue weighted by atomic mass is 10.2. The fraction of sp³-hybridized carbons (Fsp3) is 0.167. The lowest BCUT2D eigenvalue weighted by Crippen LogP contribution is -2.19. The molecule has 0 unspecified atom stereocenters. The first kappa shape index (κ1) is 21.9. The van der Waals surface area contributed by atoms with Crippen LogP contribution in [0.5, 0.6) is 0 Å². The van der Waals surface area contributed by atoms with Gasteiger partial charge in [-0.25, -0.2) is 9.07 Å². The summed E-state index contributed by atoms with van der Waals surface area (Å²) in [6.07, 6.45) is 3.09. The number of carbonyl (C=O) groups is 2. The second-order valence-corrected chi connectivity index (χ2v) is 7.78. The molecule has 2 amide bonds. The van der Waals surface area contributed by atoms with E-state index in [1.807, 2.05) is 30.3 Å². The van der Waals surface area contributed by atoms with E-state index in [2.05, 4.69) is 20.8 Å². The molecule has 2 N–H and O–H groups in total. The van der Waals surface area contributed by atoms with E-state index in [1.54, 1.807) is 38.2 Å². The molecule has 0 aliphatic rings. The summed E-state index contributed by atoms with van der Waals surface area (Å²) in [7, 11) is 0. The molecule has 4 aromatic rings. The normalized spacial score (nSPS) is 10.9. The lowest BCUT2D eigenvalue weighted by Gasteiger charge is -2.10. The van der Waals surface area contributed by atoms with Crippen LogP contribution in [0, 0.1) is 11.7 Å². The number of anilines is 2. The Kier molecular flexibility index (Phi) is 6.30. The van der Waals surface area contributed by atoms with Crippen molar-refractivity contribution in [2.24, 2.45) is 5.92 Å². The number of carbonyl (C=O) groups excluding carboxylic acids is 2. The van der Waals surface area contributed by atoms with Crippen molar-refractivity contribution < 1.29 is 14.0 Å². The average molecular weight is 446 g/mol. The van der Waals surface area contributed by atoms with Crippen molar-refractivity contribution in [2.45, 2.75) is 20.4 Å². The Morgan fingerprint density at radius 3 is 2.48 bits per heavy atom. The molecule has 8 nitrogen and oxygen atoms in total. The number of amides is 2. The van der Waals surface area contributed by atoms with Crippen molar-refractivity contribution in [1.82, 2.24) is 19.6 Å². The Balaban J connectivity index is 1.53. The molecule has 2 aromatic heterocycles. The van der Waals surface area contributed by atoms with Crippen molar-refractivity contribution in [3.05, 3.63) is 90.1 Å².